The van der Waals surface area contributed by atoms with Crippen molar-refractivity contribution in [3.05, 3.63) is 95.7 Å². The van der Waals surface area contributed by atoms with E-state index in [1.54, 1.807) is 40.4 Å². The zero-order chi connectivity index (χ0) is 32.6. The van der Waals surface area contributed by atoms with Gasteiger partial charge in [0.25, 0.3) is 0 Å². The molecule has 2 bridgehead atoms. The number of amides is 2. The topological polar surface area (TPSA) is 106 Å². The molecule has 0 radical (unpaired) electrons. The fourth-order valence-corrected chi connectivity index (χ4v) is 8.72. The standard InChI is InChI=1S/C36H43N5O4S/c1-24-12-14-28(15-13-24)40-34(23-33(39-40)36(2,3)4)38-35(42)37-27-9-6-8-25(19-27)18-26-20-29-16-17-30(21-26)41(29)46(43,44)32-11-7-10-31(22-32)45-5/h6-15,19,22-23,26,29-30H,16-18,20-21H2,1-5H3,(H2,37,38,42). The molecule has 2 N–H and O–H groups in total. The number of urea groups is 1. The van der Waals surface area contributed by atoms with Crippen LogP contribution >= 0.6 is 0 Å². The molecule has 2 unspecified atom stereocenters. The van der Waals surface area contributed by atoms with Crippen molar-refractivity contribution < 1.29 is 17.9 Å². The number of aryl methyl sites for hydroxylation is 1. The average Bonchev–Trinajstić information content (AvgIpc) is 3.56. The fourth-order valence-electron chi connectivity index (χ4n) is 6.80. The zero-order valence-corrected chi connectivity index (χ0v) is 28.0. The van der Waals surface area contributed by atoms with Crippen LogP contribution < -0.4 is 15.4 Å². The predicted octanol–water partition coefficient (Wildman–Crippen LogP) is 7.31. The van der Waals surface area contributed by atoms with Gasteiger partial charge >= 0.3 is 6.03 Å². The van der Waals surface area contributed by atoms with Crippen molar-refractivity contribution in [2.75, 3.05) is 17.7 Å². The summed E-state index contributed by atoms with van der Waals surface area (Å²) in [5.74, 6) is 1.49. The van der Waals surface area contributed by atoms with Crippen molar-refractivity contribution in [1.29, 1.82) is 0 Å². The number of piperidine rings is 1. The van der Waals surface area contributed by atoms with Crippen LogP contribution in [-0.2, 0) is 21.9 Å². The number of rotatable bonds is 8. The van der Waals surface area contributed by atoms with Crippen LogP contribution in [0.25, 0.3) is 5.69 Å². The van der Waals surface area contributed by atoms with Gasteiger partial charge < -0.3 is 10.1 Å². The first-order chi connectivity index (χ1) is 21.9. The van der Waals surface area contributed by atoms with Gasteiger partial charge in [0.1, 0.15) is 11.6 Å². The summed E-state index contributed by atoms with van der Waals surface area (Å²) < 4.78 is 36.1. The lowest BCUT2D eigenvalue weighted by atomic mass is 9.87. The van der Waals surface area contributed by atoms with Gasteiger partial charge in [0.2, 0.25) is 10.0 Å². The molecule has 6 rings (SSSR count). The minimum Gasteiger partial charge on any atom is -0.497 e. The Labute approximate surface area is 272 Å². The highest BCUT2D eigenvalue weighted by Crippen LogP contribution is 2.43. The smallest absolute Gasteiger partial charge is 0.324 e. The van der Waals surface area contributed by atoms with E-state index >= 15 is 0 Å². The van der Waals surface area contributed by atoms with Crippen LogP contribution in [0.5, 0.6) is 5.75 Å². The molecule has 0 saturated carbocycles. The largest absolute Gasteiger partial charge is 0.497 e. The summed E-state index contributed by atoms with van der Waals surface area (Å²) in [6.07, 6.45) is 4.21. The molecule has 9 nitrogen and oxygen atoms in total. The summed E-state index contributed by atoms with van der Waals surface area (Å²) >= 11 is 0. The first-order valence-corrected chi connectivity index (χ1v) is 17.4. The van der Waals surface area contributed by atoms with Gasteiger partial charge in [0.15, 0.2) is 0 Å². The first-order valence-electron chi connectivity index (χ1n) is 15.9. The Kier molecular flexibility index (Phi) is 8.69. The highest BCUT2D eigenvalue weighted by Gasteiger charge is 2.47. The number of nitrogens with one attached hydrogen (secondary N) is 2. The monoisotopic (exact) mass is 641 g/mol. The second-order valence-electron chi connectivity index (χ2n) is 13.6. The molecule has 10 heteroatoms. The Balaban J connectivity index is 1.12. The number of carbonyl (C=O) groups excluding carboxylic acids is 1. The molecule has 2 atom stereocenters. The Morgan fingerprint density at radius 2 is 1.63 bits per heavy atom. The van der Waals surface area contributed by atoms with Crippen LogP contribution in [0.3, 0.4) is 0 Å². The second-order valence-corrected chi connectivity index (χ2v) is 15.5. The number of benzene rings is 3. The molecule has 46 heavy (non-hydrogen) atoms. The molecular weight excluding hydrogens is 598 g/mol. The van der Waals surface area contributed by atoms with Gasteiger partial charge in [0, 0.05) is 35.3 Å². The fraction of sp³-hybridized carbons (Fsp3) is 0.389. The normalized spacial score (nSPS) is 20.0. The van der Waals surface area contributed by atoms with Gasteiger partial charge in [-0.15, -0.1) is 0 Å². The molecule has 1 aromatic heterocycles. The molecule has 2 amide bonds. The van der Waals surface area contributed by atoms with Gasteiger partial charge in [-0.25, -0.2) is 17.9 Å². The number of fused-ring (bicyclic) bond motifs is 2. The van der Waals surface area contributed by atoms with Gasteiger partial charge in [-0.2, -0.15) is 9.40 Å². The number of ether oxygens (including phenoxy) is 1. The molecule has 242 valence electrons. The van der Waals surface area contributed by atoms with E-state index in [9.17, 15) is 13.2 Å². The van der Waals surface area contributed by atoms with Crippen LogP contribution in [0.15, 0.2) is 83.8 Å². The third-order valence-corrected chi connectivity index (χ3v) is 11.1. The average molecular weight is 642 g/mol. The molecule has 0 spiro atoms. The number of aromatic nitrogens is 2. The SMILES string of the molecule is COc1cccc(S(=O)(=O)N2C3CCC2CC(Cc2cccc(NC(=O)Nc4cc(C(C)(C)C)nn4-c4ccc(C)cc4)c2)C3)c1. The third kappa shape index (κ3) is 6.69. The highest BCUT2D eigenvalue weighted by atomic mass is 32.2. The Morgan fingerprint density at radius 3 is 2.30 bits per heavy atom. The number of anilines is 2. The van der Waals surface area contributed by atoms with Gasteiger partial charge in [-0.05, 0) is 86.9 Å². The van der Waals surface area contributed by atoms with E-state index in [2.05, 4.69) is 37.5 Å². The highest BCUT2D eigenvalue weighted by molar-refractivity contribution is 7.89. The quantitative estimate of drug-likeness (QED) is 0.210. The van der Waals surface area contributed by atoms with Crippen molar-refractivity contribution in [2.45, 2.75) is 82.2 Å². The molecule has 3 aromatic carbocycles. The summed E-state index contributed by atoms with van der Waals surface area (Å²) in [5.41, 5.74) is 4.53. The third-order valence-electron chi connectivity index (χ3n) is 9.09. The van der Waals surface area contributed by atoms with Gasteiger partial charge in [0.05, 0.1) is 23.4 Å². The lowest BCUT2D eigenvalue weighted by molar-refractivity contribution is 0.190. The number of hydrogen-bond acceptors (Lipinski definition) is 5. The van der Waals surface area contributed by atoms with E-state index in [-0.39, 0.29) is 28.4 Å². The maximum absolute atomic E-state index is 13.6. The number of hydrogen-bond donors (Lipinski definition) is 2. The summed E-state index contributed by atoms with van der Waals surface area (Å²) in [6, 6.07) is 24.3. The van der Waals surface area contributed by atoms with Crippen molar-refractivity contribution in [3.8, 4) is 11.4 Å². The summed E-state index contributed by atoms with van der Waals surface area (Å²) in [7, 11) is -2.07. The second kappa shape index (κ2) is 12.6. The van der Waals surface area contributed by atoms with Crippen LogP contribution in [0.4, 0.5) is 16.3 Å². The molecule has 2 aliphatic rings. The van der Waals surface area contributed by atoms with Crippen molar-refractivity contribution >= 4 is 27.6 Å². The minimum atomic E-state index is -3.61. The molecule has 2 fully saturated rings. The number of methoxy groups -OCH3 is 1. The Morgan fingerprint density at radius 1 is 0.935 bits per heavy atom. The van der Waals surface area contributed by atoms with Crippen LogP contribution in [0.1, 0.15) is 63.3 Å². The van der Waals surface area contributed by atoms with E-state index < -0.39 is 10.0 Å². The summed E-state index contributed by atoms with van der Waals surface area (Å²) in [6.45, 7) is 8.33. The van der Waals surface area contributed by atoms with Crippen LogP contribution in [-0.4, -0.2) is 47.7 Å². The van der Waals surface area contributed by atoms with E-state index in [0.29, 0.717) is 23.2 Å². The maximum atomic E-state index is 13.6. The van der Waals surface area contributed by atoms with E-state index in [4.69, 9.17) is 9.84 Å². The Bertz CT molecular complexity index is 1810. The van der Waals surface area contributed by atoms with E-state index in [0.717, 1.165) is 54.6 Å². The van der Waals surface area contributed by atoms with Crippen LogP contribution in [0.2, 0.25) is 0 Å². The zero-order valence-electron chi connectivity index (χ0n) is 27.2. The lowest BCUT2D eigenvalue weighted by Gasteiger charge is -2.38. The van der Waals surface area contributed by atoms with E-state index in [1.165, 1.54) is 0 Å². The molecule has 0 aliphatic carbocycles. The molecule has 3 heterocycles. The van der Waals surface area contributed by atoms with Gasteiger partial charge in [-0.1, -0.05) is 56.7 Å². The first kappa shape index (κ1) is 31.8. The number of sulfonamides is 1. The number of nitrogens with zero attached hydrogens (tertiary/aromatic N) is 3. The van der Waals surface area contributed by atoms with Crippen molar-refractivity contribution in [3.63, 3.8) is 0 Å². The maximum Gasteiger partial charge on any atom is 0.324 e. The Hall–Kier alpha value is -4.15. The predicted molar refractivity (Wildman–Crippen MR) is 181 cm³/mol. The lowest BCUT2D eigenvalue weighted by Crippen LogP contribution is -2.46. The summed E-state index contributed by atoms with van der Waals surface area (Å²) in [5, 5.41) is 10.8. The van der Waals surface area contributed by atoms with Crippen molar-refractivity contribution in [2.24, 2.45) is 5.92 Å². The van der Waals surface area contributed by atoms with Crippen molar-refractivity contribution in [1.82, 2.24) is 14.1 Å². The van der Waals surface area contributed by atoms with E-state index in [1.807, 2.05) is 55.5 Å². The summed E-state index contributed by atoms with van der Waals surface area (Å²) in [4.78, 5) is 13.5. The molecule has 2 saturated heterocycles. The van der Waals surface area contributed by atoms with Crippen LogP contribution in [0, 0.1) is 12.8 Å². The number of carbonyl (C=O) groups is 1. The molecule has 2 aliphatic heterocycles. The minimum absolute atomic E-state index is 0.0107. The molecular formula is C36H43N5O4S. The molecule has 4 aromatic rings. The van der Waals surface area contributed by atoms with Gasteiger partial charge in [-0.3, -0.25) is 5.32 Å².